The average molecular weight is 446 g/mol. The van der Waals surface area contributed by atoms with E-state index in [1.54, 1.807) is 47.8 Å². The Kier molecular flexibility index (Phi) is 5.23. The number of fused-ring (bicyclic) bond motifs is 1. The molecule has 2 heterocycles. The number of nitrogens with zero attached hydrogens (tertiary/aromatic N) is 3. The van der Waals surface area contributed by atoms with E-state index in [1.165, 1.54) is 11.3 Å². The zero-order valence-electron chi connectivity index (χ0n) is 14.9. The van der Waals surface area contributed by atoms with Crippen LogP contribution in [0.1, 0.15) is 25.7 Å². The maximum Gasteiger partial charge on any atom is 0.281 e. The summed E-state index contributed by atoms with van der Waals surface area (Å²) in [5.74, 6) is -0.355. The van der Waals surface area contributed by atoms with Crippen LogP contribution in [0.2, 0.25) is 10.0 Å². The second kappa shape index (κ2) is 7.82. The van der Waals surface area contributed by atoms with Gasteiger partial charge in [0.2, 0.25) is 4.96 Å². The third-order valence-electron chi connectivity index (χ3n) is 4.12. The number of hydrogen-bond donors (Lipinski definition) is 2. The molecule has 4 rings (SSSR count). The number of thiazole rings is 1. The molecule has 4 aromatic rings. The maximum atomic E-state index is 12.5. The van der Waals surface area contributed by atoms with Gasteiger partial charge in [0, 0.05) is 21.2 Å². The topological polar surface area (TPSA) is 88.4 Å². The first-order valence-corrected chi connectivity index (χ1v) is 9.98. The molecule has 0 aliphatic carbocycles. The highest BCUT2D eigenvalue weighted by Crippen LogP contribution is 2.25. The van der Waals surface area contributed by atoms with E-state index in [9.17, 15) is 9.59 Å². The quantitative estimate of drug-likeness (QED) is 0.463. The first kappa shape index (κ1) is 19.4. The number of aromatic nitrogens is 3. The van der Waals surface area contributed by atoms with Crippen LogP contribution in [0.3, 0.4) is 0 Å². The van der Waals surface area contributed by atoms with Gasteiger partial charge in [-0.15, -0.1) is 5.10 Å². The average Bonchev–Trinajstić information content (AvgIpc) is 3.26. The molecule has 2 amide bonds. The van der Waals surface area contributed by atoms with E-state index in [-0.39, 0.29) is 0 Å². The number of nitrogens with one attached hydrogen (secondary N) is 2. The van der Waals surface area contributed by atoms with E-state index in [2.05, 4.69) is 20.9 Å². The van der Waals surface area contributed by atoms with Crippen LogP contribution >= 0.6 is 34.5 Å². The van der Waals surface area contributed by atoms with Gasteiger partial charge in [-0.05, 0) is 55.5 Å². The number of benzene rings is 2. The molecule has 0 saturated heterocycles. The van der Waals surface area contributed by atoms with Crippen LogP contribution in [0, 0.1) is 6.92 Å². The van der Waals surface area contributed by atoms with Crippen LogP contribution in [0.15, 0.2) is 48.5 Å². The van der Waals surface area contributed by atoms with E-state index in [4.69, 9.17) is 23.2 Å². The summed E-state index contributed by atoms with van der Waals surface area (Å²) in [5, 5.41) is 5.61. The fourth-order valence-electron chi connectivity index (χ4n) is 2.62. The molecule has 0 atom stereocenters. The number of halogens is 2. The Balaban J connectivity index is 1.50. The van der Waals surface area contributed by atoms with E-state index in [1.807, 2.05) is 12.1 Å². The van der Waals surface area contributed by atoms with Gasteiger partial charge < -0.3 is 0 Å². The highest BCUT2D eigenvalue weighted by atomic mass is 35.5. The molecule has 0 aliphatic rings. The largest absolute Gasteiger partial charge is 0.281 e. The predicted molar refractivity (Wildman–Crippen MR) is 112 cm³/mol. The third-order valence-corrected chi connectivity index (χ3v) is 5.76. The van der Waals surface area contributed by atoms with E-state index < -0.39 is 11.8 Å². The minimum absolute atomic E-state index is 0.377. The van der Waals surface area contributed by atoms with Crippen molar-refractivity contribution in [1.82, 2.24) is 25.4 Å². The number of carbonyl (C=O) groups excluding carboxylic acids is 2. The number of carbonyl (C=O) groups is 2. The molecule has 10 heteroatoms. The Labute approximate surface area is 179 Å². The highest BCUT2D eigenvalue weighted by Gasteiger charge is 2.20. The van der Waals surface area contributed by atoms with Gasteiger partial charge in [0.25, 0.3) is 11.8 Å². The van der Waals surface area contributed by atoms with Crippen molar-refractivity contribution in [2.75, 3.05) is 0 Å². The van der Waals surface area contributed by atoms with Gasteiger partial charge >= 0.3 is 0 Å². The Morgan fingerprint density at radius 3 is 2.14 bits per heavy atom. The zero-order chi connectivity index (χ0) is 20.5. The van der Waals surface area contributed by atoms with Gasteiger partial charge in [-0.2, -0.15) is 4.98 Å². The third kappa shape index (κ3) is 3.95. The van der Waals surface area contributed by atoms with Crippen LogP contribution in [-0.4, -0.2) is 26.4 Å². The van der Waals surface area contributed by atoms with Crippen LogP contribution < -0.4 is 10.9 Å². The molecule has 2 N–H and O–H groups in total. The van der Waals surface area contributed by atoms with Gasteiger partial charge in [0.15, 0.2) is 5.82 Å². The first-order chi connectivity index (χ1) is 13.9. The minimum atomic E-state index is -0.449. The molecule has 29 heavy (non-hydrogen) atoms. The summed E-state index contributed by atoms with van der Waals surface area (Å²) in [7, 11) is 0. The second-order valence-electron chi connectivity index (χ2n) is 6.07. The molecule has 0 unspecified atom stereocenters. The predicted octanol–water partition coefficient (Wildman–Crippen LogP) is 4.15. The van der Waals surface area contributed by atoms with Crippen molar-refractivity contribution in [2.45, 2.75) is 6.92 Å². The smallest absolute Gasteiger partial charge is 0.267 e. The van der Waals surface area contributed by atoms with Crippen molar-refractivity contribution in [2.24, 2.45) is 0 Å². The lowest BCUT2D eigenvalue weighted by atomic mass is 10.2. The van der Waals surface area contributed by atoms with Crippen molar-refractivity contribution < 1.29 is 9.59 Å². The Morgan fingerprint density at radius 1 is 0.931 bits per heavy atom. The lowest BCUT2D eigenvalue weighted by Crippen LogP contribution is -2.41. The van der Waals surface area contributed by atoms with Crippen LogP contribution in [-0.2, 0) is 0 Å². The first-order valence-electron chi connectivity index (χ1n) is 8.41. The van der Waals surface area contributed by atoms with Crippen molar-refractivity contribution in [3.8, 4) is 11.4 Å². The normalized spacial score (nSPS) is 10.9. The number of amides is 2. The van der Waals surface area contributed by atoms with Gasteiger partial charge in [-0.1, -0.05) is 34.5 Å². The number of hydrazine groups is 1. The number of hydrogen-bond acceptors (Lipinski definition) is 5. The molecule has 2 aromatic heterocycles. The van der Waals surface area contributed by atoms with Gasteiger partial charge in [0.1, 0.15) is 4.88 Å². The summed E-state index contributed by atoms with van der Waals surface area (Å²) in [4.78, 5) is 30.1. The molecule has 146 valence electrons. The summed E-state index contributed by atoms with van der Waals surface area (Å²) >= 11 is 12.9. The fraction of sp³-hybridized carbons (Fsp3) is 0.0526. The molecule has 0 bridgehead atoms. The Morgan fingerprint density at radius 2 is 1.52 bits per heavy atom. The molecule has 0 aliphatic heterocycles. The molecule has 0 fully saturated rings. The summed E-state index contributed by atoms with van der Waals surface area (Å²) in [6, 6.07) is 13.5. The Hall–Kier alpha value is -2.94. The number of rotatable bonds is 3. The second-order valence-corrected chi connectivity index (χ2v) is 7.92. The zero-order valence-corrected chi connectivity index (χ0v) is 17.3. The SMILES string of the molecule is Cc1c(C(=O)NNC(=O)c2ccc(Cl)cc2)sc2nc(-c3ccc(Cl)cc3)nn12. The van der Waals surface area contributed by atoms with E-state index in [0.29, 0.717) is 37.0 Å². The number of aryl methyl sites for hydroxylation is 1. The lowest BCUT2D eigenvalue weighted by molar-refractivity contribution is 0.0848. The minimum Gasteiger partial charge on any atom is -0.267 e. The monoisotopic (exact) mass is 445 g/mol. The standard InChI is InChI=1S/C19H13Cl2N5O2S/c1-10-15(18(28)24-23-17(27)12-4-8-14(21)9-5-12)29-19-22-16(25-26(10)19)11-2-6-13(20)7-3-11/h2-9H,1H3,(H,23,27)(H,24,28). The van der Waals surface area contributed by atoms with Crippen LogP contribution in [0.5, 0.6) is 0 Å². The fourth-order valence-corrected chi connectivity index (χ4v) is 3.83. The molecule has 7 nitrogen and oxygen atoms in total. The summed E-state index contributed by atoms with van der Waals surface area (Å²) < 4.78 is 1.60. The Bertz CT molecular complexity index is 1220. The molecule has 0 radical (unpaired) electrons. The van der Waals surface area contributed by atoms with Crippen molar-refractivity contribution in [3.05, 3.63) is 74.7 Å². The van der Waals surface area contributed by atoms with Crippen molar-refractivity contribution in [1.29, 1.82) is 0 Å². The van der Waals surface area contributed by atoms with Gasteiger partial charge in [-0.25, -0.2) is 4.52 Å². The van der Waals surface area contributed by atoms with Crippen LogP contribution in [0.25, 0.3) is 16.3 Å². The maximum absolute atomic E-state index is 12.5. The van der Waals surface area contributed by atoms with Crippen molar-refractivity contribution >= 4 is 51.3 Å². The molecule has 0 saturated carbocycles. The summed E-state index contributed by atoms with van der Waals surface area (Å²) in [6.45, 7) is 1.76. The molecular formula is C19H13Cl2N5O2S. The lowest BCUT2D eigenvalue weighted by Gasteiger charge is -2.06. The summed E-state index contributed by atoms with van der Waals surface area (Å²) in [6.07, 6.45) is 0. The van der Waals surface area contributed by atoms with Crippen LogP contribution in [0.4, 0.5) is 0 Å². The molecular weight excluding hydrogens is 433 g/mol. The van der Waals surface area contributed by atoms with Gasteiger partial charge in [-0.3, -0.25) is 20.4 Å². The van der Waals surface area contributed by atoms with Gasteiger partial charge in [0.05, 0.1) is 5.69 Å². The van der Waals surface area contributed by atoms with E-state index in [0.717, 1.165) is 5.56 Å². The summed E-state index contributed by atoms with van der Waals surface area (Å²) in [5.41, 5.74) is 6.62. The van der Waals surface area contributed by atoms with E-state index >= 15 is 0 Å². The highest BCUT2D eigenvalue weighted by molar-refractivity contribution is 7.19. The molecule has 2 aromatic carbocycles. The molecule has 0 spiro atoms. The van der Waals surface area contributed by atoms with Crippen molar-refractivity contribution in [3.63, 3.8) is 0 Å².